The van der Waals surface area contributed by atoms with Crippen LogP contribution in [-0.2, 0) is 4.74 Å². The van der Waals surface area contributed by atoms with Crippen LogP contribution in [0.3, 0.4) is 0 Å². The first-order valence-electron chi connectivity index (χ1n) is 2.63. The molecule has 0 aromatic heterocycles. The van der Waals surface area contributed by atoms with Crippen molar-refractivity contribution in [3.8, 4) is 0 Å². The summed E-state index contributed by atoms with van der Waals surface area (Å²) < 4.78 is 5.22. The van der Waals surface area contributed by atoms with E-state index in [-0.39, 0.29) is 31.0 Å². The van der Waals surface area contributed by atoms with Gasteiger partial charge in [-0.05, 0) is 18.6 Å². The maximum Gasteiger partial charge on any atom is 1.00 e. The van der Waals surface area contributed by atoms with Gasteiger partial charge in [-0.25, -0.2) is 0 Å². The quantitative estimate of drug-likeness (QED) is 0.258. The third-order valence-electron chi connectivity index (χ3n) is 0.723. The number of thiol groups is 1. The van der Waals surface area contributed by atoms with E-state index in [0.29, 0.717) is 11.0 Å². The van der Waals surface area contributed by atoms with E-state index in [0.717, 1.165) is 12.8 Å². The number of rotatable bonds is 3. The Kier molecular flexibility index (Phi) is 13.2. The Morgan fingerprint density at radius 2 is 2.33 bits per heavy atom. The average molecular weight is 174 g/mol. The molecule has 0 aromatic rings. The summed E-state index contributed by atoms with van der Waals surface area (Å²) >= 11 is 8.33. The first-order chi connectivity index (χ1) is 3.77. The summed E-state index contributed by atoms with van der Waals surface area (Å²) in [5.41, 5.74) is 0. The van der Waals surface area contributed by atoms with Crippen LogP contribution >= 0.6 is 24.8 Å². The molecule has 0 unspecified atom stereocenters. The third kappa shape index (κ3) is 12.4. The van der Waals surface area contributed by atoms with Gasteiger partial charge < -0.3 is 6.16 Å². The summed E-state index contributed by atoms with van der Waals surface area (Å²) in [6.07, 6.45) is 2.19. The van der Waals surface area contributed by atoms with Crippen LogP contribution in [-0.4, -0.2) is 11.0 Å². The van der Waals surface area contributed by atoms with Crippen LogP contribution in [0.25, 0.3) is 0 Å². The normalized spacial score (nSPS) is 7.78. The number of ether oxygens (including phenoxy) is 1. The molecule has 1 nitrogen and oxygen atoms in total. The van der Waals surface area contributed by atoms with Gasteiger partial charge in [0, 0.05) is 0 Å². The molecule has 0 radical (unpaired) electrons. The van der Waals surface area contributed by atoms with Crippen LogP contribution < -0.4 is 29.6 Å². The second kappa shape index (κ2) is 9.24. The second-order valence-electron chi connectivity index (χ2n) is 1.47. The molecule has 0 N–H and O–H groups in total. The molecule has 4 heteroatoms. The minimum Gasteiger partial charge on any atom is -1.00 e. The van der Waals surface area contributed by atoms with Crippen molar-refractivity contribution < 1.29 is 35.7 Å². The number of hydrogen-bond donors (Lipinski definition) is 1. The van der Waals surface area contributed by atoms with E-state index >= 15 is 0 Å². The molecule has 9 heavy (non-hydrogen) atoms. The van der Waals surface area contributed by atoms with Crippen molar-refractivity contribution in [2.75, 3.05) is 6.61 Å². The van der Waals surface area contributed by atoms with Crippen LogP contribution in [0.5, 0.6) is 0 Å². The van der Waals surface area contributed by atoms with Gasteiger partial charge in [-0.15, -0.1) is 0 Å². The molecule has 0 rings (SSSR count). The Balaban J connectivity index is -0.000000245. The van der Waals surface area contributed by atoms with Gasteiger partial charge >= 0.3 is 29.6 Å². The summed E-state index contributed by atoms with van der Waals surface area (Å²) in [5, 5.41) is 0. The van der Waals surface area contributed by atoms with E-state index in [1.54, 1.807) is 0 Å². The smallest absolute Gasteiger partial charge is 1.00 e. The Hall–Kier alpha value is 1.24. The van der Waals surface area contributed by atoms with Crippen molar-refractivity contribution in [1.29, 1.82) is 0 Å². The van der Waals surface area contributed by atoms with E-state index in [1.165, 1.54) is 0 Å². The zero-order chi connectivity index (χ0) is 6.41. The van der Waals surface area contributed by atoms with E-state index in [9.17, 15) is 0 Å². The van der Waals surface area contributed by atoms with Gasteiger partial charge in [-0.3, -0.25) is 0 Å². The van der Waals surface area contributed by atoms with Gasteiger partial charge in [-0.2, -0.15) is 0 Å². The molecule has 0 atom stereocenters. The third-order valence-corrected chi connectivity index (χ3v) is 0.970. The van der Waals surface area contributed by atoms with Gasteiger partial charge in [0.25, 0.3) is 0 Å². The predicted octanol–water partition coefficient (Wildman–Crippen LogP) is -0.866. The van der Waals surface area contributed by atoms with Crippen molar-refractivity contribution in [2.24, 2.45) is 0 Å². The fourth-order valence-electron chi connectivity index (χ4n) is 0.304. The molecule has 0 aliphatic rings. The average Bonchev–Trinajstić information content (AvgIpc) is 1.66. The Morgan fingerprint density at radius 3 is 2.67 bits per heavy atom. The minimum absolute atomic E-state index is 0. The number of thiocarbonyl (C=S) groups is 1. The molecule has 0 aliphatic carbocycles. The summed E-state index contributed by atoms with van der Waals surface area (Å²) in [6.45, 7) is 2.81. The van der Waals surface area contributed by atoms with Gasteiger partial charge in [0.1, 0.15) is 0 Å². The first kappa shape index (κ1) is 12.9. The fraction of sp³-hybridized carbons (Fsp3) is 0.800. The van der Waals surface area contributed by atoms with Gasteiger partial charge in [0.05, 0.1) is 6.61 Å². The summed E-state index contributed by atoms with van der Waals surface area (Å²) in [6, 6.07) is 0. The SMILES string of the molecule is CCCCOC(=S)S.[H-].[Na+]. The van der Waals surface area contributed by atoms with Crippen molar-refractivity contribution >= 4 is 29.2 Å². The molecule has 0 heterocycles. The molecule has 0 saturated carbocycles. The van der Waals surface area contributed by atoms with Crippen molar-refractivity contribution in [3.63, 3.8) is 0 Å². The minimum atomic E-state index is 0. The number of unbranched alkanes of at least 4 members (excludes halogenated alkanes) is 1. The monoisotopic (exact) mass is 174 g/mol. The molecular formula is C5H11NaOS2. The predicted molar refractivity (Wildman–Crippen MR) is 43.6 cm³/mol. The zero-order valence-corrected chi connectivity index (χ0v) is 9.60. The standard InChI is InChI=1S/C5H10OS2.Na.H/c1-2-3-4-6-5(7)8;;/h2-4H2,1H3,(H,7,8);;/q;+1;-1. The van der Waals surface area contributed by atoms with Crippen molar-refractivity contribution in [3.05, 3.63) is 0 Å². The zero-order valence-electron chi connectivity index (χ0n) is 6.89. The first-order valence-corrected chi connectivity index (χ1v) is 3.48. The summed E-state index contributed by atoms with van der Waals surface area (Å²) in [4.78, 5) is 0. The molecule has 0 saturated heterocycles. The largest absolute Gasteiger partial charge is 1.00 e. The number of hydrogen-bond acceptors (Lipinski definition) is 2. The molecule has 0 bridgehead atoms. The van der Waals surface area contributed by atoms with E-state index in [2.05, 4.69) is 31.8 Å². The topological polar surface area (TPSA) is 9.23 Å². The summed E-state index contributed by atoms with van der Waals surface area (Å²) in [5.74, 6) is 0. The second-order valence-corrected chi connectivity index (χ2v) is 2.55. The van der Waals surface area contributed by atoms with E-state index < -0.39 is 0 Å². The van der Waals surface area contributed by atoms with Crippen molar-refractivity contribution in [2.45, 2.75) is 19.8 Å². The van der Waals surface area contributed by atoms with E-state index in [4.69, 9.17) is 4.74 Å². The van der Waals surface area contributed by atoms with E-state index in [1.807, 2.05) is 0 Å². The Labute approximate surface area is 90.7 Å². The molecule has 0 spiro atoms. The van der Waals surface area contributed by atoms with Crippen LogP contribution in [0.15, 0.2) is 0 Å². The fourth-order valence-corrected chi connectivity index (χ4v) is 0.478. The van der Waals surface area contributed by atoms with Crippen molar-refractivity contribution in [1.82, 2.24) is 0 Å². The van der Waals surface area contributed by atoms with Gasteiger partial charge in [0.2, 0.25) is 4.38 Å². The van der Waals surface area contributed by atoms with Gasteiger partial charge in [-0.1, -0.05) is 26.0 Å². The van der Waals surface area contributed by atoms with Crippen LogP contribution in [0.1, 0.15) is 21.2 Å². The van der Waals surface area contributed by atoms with Gasteiger partial charge in [0.15, 0.2) is 0 Å². The van der Waals surface area contributed by atoms with Crippen LogP contribution in [0, 0.1) is 0 Å². The Morgan fingerprint density at radius 1 is 1.78 bits per heavy atom. The molecule has 0 aromatic carbocycles. The molecule has 0 aliphatic heterocycles. The maximum atomic E-state index is 4.88. The summed E-state index contributed by atoms with van der Waals surface area (Å²) in [7, 11) is 0. The van der Waals surface area contributed by atoms with Crippen LogP contribution in [0.2, 0.25) is 0 Å². The maximum absolute atomic E-state index is 4.88. The molecule has 0 fully saturated rings. The Bertz CT molecular complexity index is 82.0. The molecule has 50 valence electrons. The van der Waals surface area contributed by atoms with Crippen LogP contribution in [0.4, 0.5) is 0 Å². The molecule has 0 amide bonds. The molecular weight excluding hydrogens is 163 g/mol.